The molecule has 0 unspecified atom stereocenters. The summed E-state index contributed by atoms with van der Waals surface area (Å²) in [6.07, 6.45) is 1.54. The summed E-state index contributed by atoms with van der Waals surface area (Å²) in [5, 5.41) is 6.57. The Balaban J connectivity index is 1.77. The van der Waals surface area contributed by atoms with Gasteiger partial charge in [-0.15, -0.1) is 0 Å². The molecule has 0 bridgehead atoms. The van der Waals surface area contributed by atoms with E-state index < -0.39 is 0 Å². The lowest BCUT2D eigenvalue weighted by Gasteiger charge is -2.21. The molecular weight excluding hydrogens is 280 g/mol. The van der Waals surface area contributed by atoms with Gasteiger partial charge in [0.25, 0.3) is 0 Å². The van der Waals surface area contributed by atoms with Gasteiger partial charge in [0.05, 0.1) is 0 Å². The van der Waals surface area contributed by atoms with Gasteiger partial charge in [0, 0.05) is 23.4 Å². The van der Waals surface area contributed by atoms with Crippen molar-refractivity contribution in [3.05, 3.63) is 30.6 Å². The maximum atomic E-state index is 5.58. The van der Waals surface area contributed by atoms with E-state index in [2.05, 4.69) is 41.4 Å². The highest BCUT2D eigenvalue weighted by Crippen LogP contribution is 2.33. The number of fused-ring (bicyclic) bond motifs is 1. The summed E-state index contributed by atoms with van der Waals surface area (Å²) >= 11 is 0. The van der Waals surface area contributed by atoms with Crippen molar-refractivity contribution >= 4 is 17.3 Å². The number of hydrogen-bond donors (Lipinski definition) is 2. The summed E-state index contributed by atoms with van der Waals surface area (Å²) < 4.78 is 11.1. The molecule has 0 radical (unpaired) electrons. The minimum atomic E-state index is -0.0530. The first-order valence-electron chi connectivity index (χ1n) is 7.26. The summed E-state index contributed by atoms with van der Waals surface area (Å²) in [6, 6.07) is 7.62. The van der Waals surface area contributed by atoms with Crippen LogP contribution in [0.4, 0.5) is 17.3 Å². The molecule has 0 saturated carbocycles. The van der Waals surface area contributed by atoms with Crippen molar-refractivity contribution in [3.63, 3.8) is 0 Å². The second-order valence-electron chi connectivity index (χ2n) is 6.15. The number of ether oxygens (including phenoxy) is 2. The van der Waals surface area contributed by atoms with Crippen LogP contribution in [0.15, 0.2) is 30.6 Å². The average molecular weight is 300 g/mol. The molecule has 0 spiro atoms. The van der Waals surface area contributed by atoms with E-state index in [9.17, 15) is 0 Å². The van der Waals surface area contributed by atoms with Crippen LogP contribution in [0.1, 0.15) is 20.8 Å². The van der Waals surface area contributed by atoms with E-state index in [-0.39, 0.29) is 5.54 Å². The fraction of sp³-hybridized carbons (Fsp3) is 0.375. The van der Waals surface area contributed by atoms with Crippen LogP contribution in [0.25, 0.3) is 0 Å². The summed E-state index contributed by atoms with van der Waals surface area (Å²) in [4.78, 5) is 8.47. The molecule has 1 aromatic carbocycles. The molecule has 0 amide bonds. The third-order valence-corrected chi connectivity index (χ3v) is 2.98. The zero-order valence-corrected chi connectivity index (χ0v) is 13.0. The first-order valence-corrected chi connectivity index (χ1v) is 7.26. The van der Waals surface area contributed by atoms with Crippen molar-refractivity contribution in [2.75, 3.05) is 23.8 Å². The number of anilines is 3. The van der Waals surface area contributed by atoms with Gasteiger partial charge in [-0.25, -0.2) is 9.97 Å². The minimum absolute atomic E-state index is 0.0530. The first kappa shape index (κ1) is 14.4. The van der Waals surface area contributed by atoms with E-state index in [1.807, 2.05) is 24.3 Å². The van der Waals surface area contributed by atoms with Crippen LogP contribution in [0.2, 0.25) is 0 Å². The Hall–Kier alpha value is -2.50. The topological polar surface area (TPSA) is 68.3 Å². The van der Waals surface area contributed by atoms with Crippen molar-refractivity contribution in [2.45, 2.75) is 26.3 Å². The Morgan fingerprint density at radius 3 is 2.45 bits per heavy atom. The Labute approximate surface area is 129 Å². The molecule has 2 heterocycles. The Morgan fingerprint density at radius 1 is 0.955 bits per heavy atom. The monoisotopic (exact) mass is 300 g/mol. The molecule has 116 valence electrons. The summed E-state index contributed by atoms with van der Waals surface area (Å²) in [7, 11) is 0. The van der Waals surface area contributed by atoms with Crippen LogP contribution in [0, 0.1) is 0 Å². The molecule has 0 atom stereocenters. The molecule has 22 heavy (non-hydrogen) atoms. The predicted molar refractivity (Wildman–Crippen MR) is 86.1 cm³/mol. The van der Waals surface area contributed by atoms with Gasteiger partial charge in [-0.05, 0) is 32.9 Å². The van der Waals surface area contributed by atoms with Crippen molar-refractivity contribution in [1.29, 1.82) is 0 Å². The van der Waals surface area contributed by atoms with Crippen molar-refractivity contribution in [2.24, 2.45) is 0 Å². The third-order valence-electron chi connectivity index (χ3n) is 2.98. The second-order valence-corrected chi connectivity index (χ2v) is 6.15. The maximum absolute atomic E-state index is 5.58. The highest BCUT2D eigenvalue weighted by Gasteiger charge is 2.13. The number of nitrogens with zero attached hydrogens (tertiary/aromatic N) is 2. The van der Waals surface area contributed by atoms with Crippen molar-refractivity contribution in [3.8, 4) is 11.5 Å². The standard InChI is InChI=1S/C16H20N4O2/c1-16(2,3)20-15-9-14(17-10-18-15)19-11-4-5-12-13(8-11)22-7-6-21-12/h4-5,8-10H,6-7H2,1-3H3,(H2,17,18,19,20). The van der Waals surface area contributed by atoms with Gasteiger partial charge in [0.1, 0.15) is 31.2 Å². The van der Waals surface area contributed by atoms with Gasteiger partial charge in [0.2, 0.25) is 0 Å². The van der Waals surface area contributed by atoms with E-state index in [4.69, 9.17) is 9.47 Å². The smallest absolute Gasteiger partial charge is 0.163 e. The van der Waals surface area contributed by atoms with Gasteiger partial charge in [-0.1, -0.05) is 0 Å². The molecule has 0 fully saturated rings. The number of benzene rings is 1. The lowest BCUT2D eigenvalue weighted by atomic mass is 10.1. The number of rotatable bonds is 3. The molecule has 0 saturated heterocycles. The molecule has 1 aromatic heterocycles. The molecule has 2 aromatic rings. The predicted octanol–water partition coefficient (Wildman–Crippen LogP) is 3.20. The SMILES string of the molecule is CC(C)(C)Nc1cc(Nc2ccc3c(c2)OCCO3)ncn1. The van der Waals surface area contributed by atoms with E-state index in [0.29, 0.717) is 13.2 Å². The van der Waals surface area contributed by atoms with Crippen LogP contribution < -0.4 is 20.1 Å². The molecule has 1 aliphatic heterocycles. The highest BCUT2D eigenvalue weighted by atomic mass is 16.6. The zero-order chi connectivity index (χ0) is 15.6. The Bertz CT molecular complexity index is 667. The van der Waals surface area contributed by atoms with Gasteiger partial charge in [-0.2, -0.15) is 0 Å². The summed E-state index contributed by atoms with van der Waals surface area (Å²) in [5.41, 5.74) is 0.840. The van der Waals surface area contributed by atoms with Crippen LogP contribution in [0.5, 0.6) is 11.5 Å². The largest absolute Gasteiger partial charge is 0.486 e. The number of aromatic nitrogens is 2. The Morgan fingerprint density at radius 2 is 1.68 bits per heavy atom. The van der Waals surface area contributed by atoms with Gasteiger partial charge >= 0.3 is 0 Å². The fourth-order valence-electron chi connectivity index (χ4n) is 2.15. The van der Waals surface area contributed by atoms with Crippen molar-refractivity contribution < 1.29 is 9.47 Å². The molecule has 6 heteroatoms. The van der Waals surface area contributed by atoms with E-state index in [0.717, 1.165) is 28.8 Å². The first-order chi connectivity index (χ1) is 10.5. The van der Waals surface area contributed by atoms with Gasteiger partial charge in [-0.3, -0.25) is 0 Å². The van der Waals surface area contributed by atoms with E-state index >= 15 is 0 Å². The number of hydrogen-bond acceptors (Lipinski definition) is 6. The molecule has 0 aliphatic carbocycles. The lowest BCUT2D eigenvalue weighted by molar-refractivity contribution is 0.171. The van der Waals surface area contributed by atoms with Gasteiger partial charge in [0.15, 0.2) is 11.5 Å². The second kappa shape index (κ2) is 5.71. The average Bonchev–Trinajstić information content (AvgIpc) is 2.46. The molecule has 2 N–H and O–H groups in total. The molecule has 3 rings (SSSR count). The minimum Gasteiger partial charge on any atom is -0.486 e. The van der Waals surface area contributed by atoms with Crippen LogP contribution in [-0.4, -0.2) is 28.7 Å². The maximum Gasteiger partial charge on any atom is 0.163 e. The normalized spacial score (nSPS) is 13.6. The van der Waals surface area contributed by atoms with E-state index in [1.54, 1.807) is 0 Å². The third kappa shape index (κ3) is 3.58. The highest BCUT2D eigenvalue weighted by molar-refractivity contribution is 5.63. The van der Waals surface area contributed by atoms with Crippen molar-refractivity contribution in [1.82, 2.24) is 9.97 Å². The van der Waals surface area contributed by atoms with Crippen LogP contribution >= 0.6 is 0 Å². The summed E-state index contributed by atoms with van der Waals surface area (Å²) in [5.74, 6) is 3.02. The zero-order valence-electron chi connectivity index (χ0n) is 13.0. The van der Waals surface area contributed by atoms with Crippen LogP contribution in [0.3, 0.4) is 0 Å². The number of nitrogens with one attached hydrogen (secondary N) is 2. The summed E-state index contributed by atoms with van der Waals surface area (Å²) in [6.45, 7) is 7.42. The molecular formula is C16H20N4O2. The fourth-order valence-corrected chi connectivity index (χ4v) is 2.15. The lowest BCUT2D eigenvalue weighted by Crippen LogP contribution is -2.26. The Kier molecular flexibility index (Phi) is 3.75. The van der Waals surface area contributed by atoms with Gasteiger partial charge < -0.3 is 20.1 Å². The quantitative estimate of drug-likeness (QED) is 0.907. The van der Waals surface area contributed by atoms with Crippen LogP contribution in [-0.2, 0) is 0 Å². The van der Waals surface area contributed by atoms with E-state index in [1.165, 1.54) is 6.33 Å². The molecule has 6 nitrogen and oxygen atoms in total. The molecule has 1 aliphatic rings.